The third-order valence-electron chi connectivity index (χ3n) is 2.43. The Bertz CT molecular complexity index is 550. The van der Waals surface area contributed by atoms with Gasteiger partial charge in [-0.05, 0) is 25.5 Å². The molecule has 1 amide bonds. The van der Waals surface area contributed by atoms with Crippen LogP contribution in [-0.2, 0) is 14.3 Å². The van der Waals surface area contributed by atoms with Crippen molar-refractivity contribution in [1.29, 1.82) is 0 Å². The molecule has 6 heteroatoms. The minimum atomic E-state index is -0.580. The van der Waals surface area contributed by atoms with Crippen LogP contribution in [0, 0.1) is 6.92 Å². The molecule has 20 heavy (non-hydrogen) atoms. The van der Waals surface area contributed by atoms with E-state index < -0.39 is 11.9 Å². The Morgan fingerprint density at radius 3 is 2.80 bits per heavy atom. The average molecular weight is 276 g/mol. The zero-order valence-corrected chi connectivity index (χ0v) is 11.3. The highest BCUT2D eigenvalue weighted by molar-refractivity contribution is 6.05. The summed E-state index contributed by atoms with van der Waals surface area (Å²) in [5.74, 6) is -1.06. The molecular weight excluding hydrogens is 260 g/mol. The number of nitrogens with one attached hydrogen (secondary N) is 1. The SMILES string of the molecule is CCOC(=O)/C=C/C(=O)Nc1cccc(C)c1/C=N/O. The second-order valence-corrected chi connectivity index (χ2v) is 3.86. The van der Waals surface area contributed by atoms with Gasteiger partial charge in [-0.2, -0.15) is 0 Å². The summed E-state index contributed by atoms with van der Waals surface area (Å²) in [4.78, 5) is 22.8. The molecule has 0 aromatic heterocycles. The summed E-state index contributed by atoms with van der Waals surface area (Å²) in [6, 6.07) is 5.25. The first kappa shape index (κ1) is 15.4. The number of ether oxygens (including phenoxy) is 1. The van der Waals surface area contributed by atoms with Crippen LogP contribution in [0.2, 0.25) is 0 Å². The van der Waals surface area contributed by atoms with Crippen LogP contribution < -0.4 is 5.32 Å². The molecule has 0 atom stereocenters. The summed E-state index contributed by atoms with van der Waals surface area (Å²) in [7, 11) is 0. The molecule has 0 aliphatic rings. The maximum atomic E-state index is 11.7. The highest BCUT2D eigenvalue weighted by Crippen LogP contribution is 2.17. The van der Waals surface area contributed by atoms with Crippen molar-refractivity contribution in [3.63, 3.8) is 0 Å². The van der Waals surface area contributed by atoms with Crippen LogP contribution in [0.25, 0.3) is 0 Å². The number of hydrogen-bond donors (Lipinski definition) is 2. The second-order valence-electron chi connectivity index (χ2n) is 3.86. The van der Waals surface area contributed by atoms with Crippen molar-refractivity contribution < 1.29 is 19.5 Å². The fraction of sp³-hybridized carbons (Fsp3) is 0.214. The Balaban J connectivity index is 2.81. The summed E-state index contributed by atoms with van der Waals surface area (Å²) < 4.78 is 4.66. The molecule has 0 saturated heterocycles. The van der Waals surface area contributed by atoms with Crippen LogP contribution >= 0.6 is 0 Å². The van der Waals surface area contributed by atoms with Crippen LogP contribution in [0.4, 0.5) is 5.69 Å². The molecule has 0 aliphatic carbocycles. The van der Waals surface area contributed by atoms with E-state index in [-0.39, 0.29) is 6.61 Å². The molecule has 1 rings (SSSR count). The van der Waals surface area contributed by atoms with Crippen molar-refractivity contribution in [1.82, 2.24) is 0 Å². The molecule has 0 heterocycles. The van der Waals surface area contributed by atoms with E-state index in [0.29, 0.717) is 11.3 Å². The van der Waals surface area contributed by atoms with E-state index in [2.05, 4.69) is 15.2 Å². The van der Waals surface area contributed by atoms with E-state index in [4.69, 9.17) is 5.21 Å². The van der Waals surface area contributed by atoms with Gasteiger partial charge in [0, 0.05) is 17.7 Å². The van der Waals surface area contributed by atoms with E-state index in [1.165, 1.54) is 6.21 Å². The maximum absolute atomic E-state index is 11.7. The Morgan fingerprint density at radius 1 is 1.40 bits per heavy atom. The number of nitrogens with zero attached hydrogens (tertiary/aromatic N) is 1. The number of amides is 1. The lowest BCUT2D eigenvalue weighted by molar-refractivity contribution is -0.137. The normalized spacial score (nSPS) is 10.9. The summed E-state index contributed by atoms with van der Waals surface area (Å²) in [6.07, 6.45) is 3.37. The summed E-state index contributed by atoms with van der Waals surface area (Å²) in [5, 5.41) is 14.2. The van der Waals surface area contributed by atoms with Crippen LogP contribution in [0.15, 0.2) is 35.5 Å². The van der Waals surface area contributed by atoms with Gasteiger partial charge in [0.05, 0.1) is 18.5 Å². The van der Waals surface area contributed by atoms with Crippen LogP contribution in [0.3, 0.4) is 0 Å². The van der Waals surface area contributed by atoms with E-state index in [1.54, 1.807) is 19.1 Å². The highest BCUT2D eigenvalue weighted by atomic mass is 16.5. The molecule has 0 unspecified atom stereocenters. The van der Waals surface area contributed by atoms with Crippen LogP contribution in [0.5, 0.6) is 0 Å². The fourth-order valence-electron chi connectivity index (χ4n) is 1.53. The molecule has 6 nitrogen and oxygen atoms in total. The lowest BCUT2D eigenvalue weighted by atomic mass is 10.1. The van der Waals surface area contributed by atoms with E-state index >= 15 is 0 Å². The molecule has 0 bridgehead atoms. The van der Waals surface area contributed by atoms with Gasteiger partial charge >= 0.3 is 5.97 Å². The van der Waals surface area contributed by atoms with Gasteiger partial charge in [-0.25, -0.2) is 4.79 Å². The average Bonchev–Trinajstić information content (AvgIpc) is 2.41. The Kier molecular flexibility index (Phi) is 5.96. The number of carbonyl (C=O) groups is 2. The molecule has 2 N–H and O–H groups in total. The zero-order valence-electron chi connectivity index (χ0n) is 11.3. The molecule has 0 aliphatic heterocycles. The molecule has 106 valence electrons. The maximum Gasteiger partial charge on any atom is 0.330 e. The Hall–Kier alpha value is -2.63. The van der Waals surface area contributed by atoms with Gasteiger partial charge in [-0.3, -0.25) is 4.79 Å². The molecule has 0 spiro atoms. The van der Waals surface area contributed by atoms with Crippen molar-refractivity contribution in [2.45, 2.75) is 13.8 Å². The van der Waals surface area contributed by atoms with E-state index in [9.17, 15) is 9.59 Å². The predicted octanol–water partition coefficient (Wildman–Crippen LogP) is 1.86. The lowest BCUT2D eigenvalue weighted by Crippen LogP contribution is -2.11. The standard InChI is InChI=1S/C14H16N2O4/c1-3-20-14(18)8-7-13(17)16-12-6-4-5-10(2)11(12)9-15-19/h4-9,19H,3H2,1-2H3,(H,16,17)/b8-7+,15-9+. The Morgan fingerprint density at radius 2 is 2.15 bits per heavy atom. The van der Waals surface area contributed by atoms with Gasteiger partial charge in [-0.1, -0.05) is 17.3 Å². The van der Waals surface area contributed by atoms with Crippen LogP contribution in [0.1, 0.15) is 18.1 Å². The summed E-state index contributed by atoms with van der Waals surface area (Å²) in [5.41, 5.74) is 1.92. The number of hydrogen-bond acceptors (Lipinski definition) is 5. The summed E-state index contributed by atoms with van der Waals surface area (Å²) in [6.45, 7) is 3.75. The smallest absolute Gasteiger partial charge is 0.330 e. The number of carbonyl (C=O) groups excluding carboxylic acids is 2. The third kappa shape index (κ3) is 4.56. The minimum Gasteiger partial charge on any atom is -0.463 e. The zero-order chi connectivity index (χ0) is 15.0. The van der Waals surface area contributed by atoms with Gasteiger partial charge < -0.3 is 15.3 Å². The fourth-order valence-corrected chi connectivity index (χ4v) is 1.53. The number of anilines is 1. The van der Waals surface area contributed by atoms with Crippen LogP contribution in [-0.4, -0.2) is 29.9 Å². The van der Waals surface area contributed by atoms with Crippen molar-refractivity contribution >= 4 is 23.8 Å². The Labute approximate surface area is 116 Å². The number of oxime groups is 1. The van der Waals surface area contributed by atoms with Crippen molar-refractivity contribution in [2.24, 2.45) is 5.16 Å². The van der Waals surface area contributed by atoms with Gasteiger partial charge in [0.2, 0.25) is 5.91 Å². The van der Waals surface area contributed by atoms with Crippen molar-refractivity contribution in [3.05, 3.63) is 41.5 Å². The first-order valence-corrected chi connectivity index (χ1v) is 6.01. The van der Waals surface area contributed by atoms with Gasteiger partial charge in [0.15, 0.2) is 0 Å². The van der Waals surface area contributed by atoms with Gasteiger partial charge in [0.25, 0.3) is 0 Å². The van der Waals surface area contributed by atoms with Crippen molar-refractivity contribution in [3.8, 4) is 0 Å². The quantitative estimate of drug-likeness (QED) is 0.282. The second kappa shape index (κ2) is 7.73. The third-order valence-corrected chi connectivity index (χ3v) is 2.43. The largest absolute Gasteiger partial charge is 0.463 e. The minimum absolute atomic E-state index is 0.250. The van der Waals surface area contributed by atoms with Crippen molar-refractivity contribution in [2.75, 3.05) is 11.9 Å². The predicted molar refractivity (Wildman–Crippen MR) is 75.0 cm³/mol. The topological polar surface area (TPSA) is 88.0 Å². The van der Waals surface area contributed by atoms with Gasteiger partial charge in [0.1, 0.15) is 0 Å². The molecule has 1 aromatic carbocycles. The number of aryl methyl sites for hydroxylation is 1. The molecule has 0 fully saturated rings. The number of rotatable bonds is 5. The first-order valence-electron chi connectivity index (χ1n) is 6.01. The monoisotopic (exact) mass is 276 g/mol. The number of benzene rings is 1. The molecule has 0 saturated carbocycles. The lowest BCUT2D eigenvalue weighted by Gasteiger charge is -2.08. The summed E-state index contributed by atoms with van der Waals surface area (Å²) >= 11 is 0. The van der Waals surface area contributed by atoms with E-state index in [1.807, 2.05) is 13.0 Å². The molecular formula is C14H16N2O4. The molecule has 0 radical (unpaired) electrons. The number of esters is 1. The van der Waals surface area contributed by atoms with E-state index in [0.717, 1.165) is 17.7 Å². The molecule has 1 aromatic rings. The highest BCUT2D eigenvalue weighted by Gasteiger charge is 2.06. The first-order chi connectivity index (χ1) is 9.58. The van der Waals surface area contributed by atoms with Gasteiger partial charge in [-0.15, -0.1) is 0 Å².